The summed E-state index contributed by atoms with van der Waals surface area (Å²) in [6.45, 7) is 0. The number of hydrogen-bond donors (Lipinski definition) is 0. The predicted octanol–water partition coefficient (Wildman–Crippen LogP) is 12.9. The van der Waals surface area contributed by atoms with Gasteiger partial charge in [-0.1, -0.05) is 133 Å². The summed E-state index contributed by atoms with van der Waals surface area (Å²) >= 11 is 0. The van der Waals surface area contributed by atoms with E-state index in [0.29, 0.717) is 23.0 Å². The van der Waals surface area contributed by atoms with Crippen LogP contribution in [-0.2, 0) is 0 Å². The fourth-order valence-corrected chi connectivity index (χ4v) is 8.25. The second-order valence-electron chi connectivity index (χ2n) is 14.2. The lowest BCUT2D eigenvalue weighted by Crippen LogP contribution is -2.02. The van der Waals surface area contributed by atoms with Crippen molar-refractivity contribution in [3.05, 3.63) is 200 Å². The third kappa shape index (κ3) is 5.41. The lowest BCUT2D eigenvalue weighted by atomic mass is 9.99. The van der Waals surface area contributed by atoms with Crippen LogP contribution < -0.4 is 0 Å². The van der Waals surface area contributed by atoms with Crippen LogP contribution in [0.15, 0.2) is 194 Å². The molecule has 0 bridgehead atoms. The molecule has 0 amide bonds. The Morgan fingerprint density at radius 2 is 0.825 bits per heavy atom. The molecule has 0 saturated carbocycles. The van der Waals surface area contributed by atoms with Gasteiger partial charge in [-0.25, -0.2) is 19.3 Å². The zero-order chi connectivity index (χ0) is 37.9. The van der Waals surface area contributed by atoms with E-state index in [9.17, 15) is 0 Å². The average molecular weight is 734 g/mol. The maximum absolute atomic E-state index is 16.1. The van der Waals surface area contributed by atoms with E-state index in [1.165, 1.54) is 16.8 Å². The number of rotatable bonds is 6. The second kappa shape index (κ2) is 13.3. The van der Waals surface area contributed by atoms with Crippen molar-refractivity contribution in [3.8, 4) is 56.7 Å². The van der Waals surface area contributed by atoms with Gasteiger partial charge in [0.15, 0.2) is 17.5 Å². The van der Waals surface area contributed by atoms with Crippen molar-refractivity contribution in [2.45, 2.75) is 0 Å². The van der Waals surface area contributed by atoms with Crippen molar-refractivity contribution in [2.24, 2.45) is 0 Å². The number of benzene rings is 8. The number of halogens is 1. The lowest BCUT2D eigenvalue weighted by molar-refractivity contribution is 0.631. The summed E-state index contributed by atoms with van der Waals surface area (Å²) in [4.78, 5) is 14.9. The third-order valence-corrected chi connectivity index (χ3v) is 10.8. The predicted molar refractivity (Wildman–Crippen MR) is 230 cm³/mol. The molecule has 0 fully saturated rings. The number of para-hydroxylation sites is 3. The summed E-state index contributed by atoms with van der Waals surface area (Å²) in [6.07, 6.45) is 0. The zero-order valence-corrected chi connectivity index (χ0v) is 30.6. The van der Waals surface area contributed by atoms with E-state index in [1.807, 2.05) is 91.0 Å². The number of fused-ring (bicyclic) bond motifs is 6. The van der Waals surface area contributed by atoms with Crippen LogP contribution in [0.3, 0.4) is 0 Å². The van der Waals surface area contributed by atoms with Crippen LogP contribution in [0.4, 0.5) is 4.39 Å². The van der Waals surface area contributed by atoms with Gasteiger partial charge in [-0.3, -0.25) is 0 Å². The summed E-state index contributed by atoms with van der Waals surface area (Å²) in [7, 11) is 0. The van der Waals surface area contributed by atoms with E-state index < -0.39 is 0 Å². The Balaban J connectivity index is 1.20. The van der Waals surface area contributed by atoms with Crippen molar-refractivity contribution in [1.82, 2.24) is 24.1 Å². The van der Waals surface area contributed by atoms with Gasteiger partial charge < -0.3 is 9.13 Å². The van der Waals surface area contributed by atoms with Gasteiger partial charge in [0.2, 0.25) is 0 Å². The van der Waals surface area contributed by atoms with E-state index in [-0.39, 0.29) is 5.82 Å². The minimum Gasteiger partial charge on any atom is -0.309 e. The second-order valence-corrected chi connectivity index (χ2v) is 14.2. The van der Waals surface area contributed by atoms with Gasteiger partial charge in [0, 0.05) is 55.0 Å². The van der Waals surface area contributed by atoms with E-state index in [1.54, 1.807) is 6.07 Å². The Morgan fingerprint density at radius 1 is 0.333 bits per heavy atom. The van der Waals surface area contributed by atoms with Gasteiger partial charge in [-0.2, -0.15) is 0 Å². The first-order valence-electron chi connectivity index (χ1n) is 19.0. The number of aromatic nitrogens is 5. The van der Waals surface area contributed by atoms with Crippen molar-refractivity contribution in [2.75, 3.05) is 0 Å². The Bertz CT molecular complexity index is 3240. The topological polar surface area (TPSA) is 48.5 Å². The molecular weight excluding hydrogens is 702 g/mol. The summed E-state index contributed by atoms with van der Waals surface area (Å²) < 4.78 is 20.8. The highest BCUT2D eigenvalue weighted by Gasteiger charge is 2.22. The SMILES string of the molecule is Fc1ccccc1-c1cc(-c2nc(-c3ccccc3)nc(-c3ccccc3)n2)ccc1-n1c2ccccc2c2cc3c4ccccc4n(-c4ccccc4)c3cc21. The molecule has 0 N–H and O–H groups in total. The molecule has 268 valence electrons. The quantitative estimate of drug-likeness (QED) is 0.171. The molecule has 0 aliphatic heterocycles. The average Bonchev–Trinajstić information content (AvgIpc) is 3.78. The van der Waals surface area contributed by atoms with Crippen LogP contribution in [0.25, 0.3) is 100 Å². The van der Waals surface area contributed by atoms with Crippen molar-refractivity contribution >= 4 is 43.6 Å². The van der Waals surface area contributed by atoms with Crippen LogP contribution >= 0.6 is 0 Å². The van der Waals surface area contributed by atoms with Crippen LogP contribution in [0, 0.1) is 5.82 Å². The molecule has 0 radical (unpaired) electrons. The van der Waals surface area contributed by atoms with E-state index >= 15 is 4.39 Å². The Hall–Kier alpha value is -7.70. The highest BCUT2D eigenvalue weighted by atomic mass is 19.1. The largest absolute Gasteiger partial charge is 0.309 e. The highest BCUT2D eigenvalue weighted by Crippen LogP contribution is 2.42. The first-order valence-corrected chi connectivity index (χ1v) is 19.0. The van der Waals surface area contributed by atoms with Crippen LogP contribution in [0.1, 0.15) is 0 Å². The summed E-state index contributed by atoms with van der Waals surface area (Å²) in [5, 5.41) is 4.60. The Morgan fingerprint density at radius 3 is 1.44 bits per heavy atom. The maximum Gasteiger partial charge on any atom is 0.164 e. The van der Waals surface area contributed by atoms with Crippen LogP contribution in [0.5, 0.6) is 0 Å². The summed E-state index contributed by atoms with van der Waals surface area (Å²) in [6, 6.07) is 65.1. The van der Waals surface area contributed by atoms with Gasteiger partial charge in [-0.05, 0) is 60.7 Å². The smallest absolute Gasteiger partial charge is 0.164 e. The molecule has 3 heterocycles. The molecule has 57 heavy (non-hydrogen) atoms. The van der Waals surface area contributed by atoms with Crippen molar-refractivity contribution < 1.29 is 4.39 Å². The van der Waals surface area contributed by atoms with Gasteiger partial charge in [0.1, 0.15) is 5.82 Å². The Kier molecular flexibility index (Phi) is 7.60. The van der Waals surface area contributed by atoms with Crippen LogP contribution in [-0.4, -0.2) is 24.1 Å². The van der Waals surface area contributed by atoms with Crippen molar-refractivity contribution in [1.29, 1.82) is 0 Å². The molecular formula is C51H32FN5. The fourth-order valence-electron chi connectivity index (χ4n) is 8.25. The monoisotopic (exact) mass is 733 g/mol. The first kappa shape index (κ1) is 32.7. The van der Waals surface area contributed by atoms with Gasteiger partial charge in [0.25, 0.3) is 0 Å². The number of nitrogens with zero attached hydrogens (tertiary/aromatic N) is 5. The van der Waals surface area contributed by atoms with Gasteiger partial charge in [-0.15, -0.1) is 0 Å². The fraction of sp³-hybridized carbons (Fsp3) is 0. The molecule has 0 aliphatic carbocycles. The minimum absolute atomic E-state index is 0.311. The molecule has 0 unspecified atom stereocenters. The van der Waals surface area contributed by atoms with E-state index in [0.717, 1.165) is 66.5 Å². The molecule has 6 heteroatoms. The molecule has 3 aromatic heterocycles. The lowest BCUT2D eigenvalue weighted by Gasteiger charge is -2.17. The summed E-state index contributed by atoms with van der Waals surface area (Å²) in [5.74, 6) is 1.32. The molecule has 0 spiro atoms. The molecule has 0 saturated heterocycles. The molecule has 0 aliphatic rings. The molecule has 8 aromatic carbocycles. The van der Waals surface area contributed by atoms with Crippen LogP contribution in [0.2, 0.25) is 0 Å². The third-order valence-electron chi connectivity index (χ3n) is 10.8. The number of hydrogen-bond acceptors (Lipinski definition) is 3. The molecule has 0 atom stereocenters. The normalized spacial score (nSPS) is 11.6. The van der Waals surface area contributed by atoms with E-state index in [2.05, 4.69) is 100 Å². The van der Waals surface area contributed by atoms with Gasteiger partial charge >= 0.3 is 0 Å². The standard InChI is InChI=1S/C51H32FN5/c52-43-25-13-10-22-37(43)40-30-35(51-54-49(33-16-4-1-5-17-33)53-50(55-51)34-18-6-2-7-19-34)28-29-46(40)57-45-27-15-12-24-39(45)42-31-41-38-23-11-14-26-44(38)56(47(41)32-48(42)57)36-20-8-3-9-21-36/h1-32H. The Labute approximate surface area is 327 Å². The molecule has 5 nitrogen and oxygen atoms in total. The summed E-state index contributed by atoms with van der Waals surface area (Å²) in [5.41, 5.74) is 9.94. The maximum atomic E-state index is 16.1. The van der Waals surface area contributed by atoms with Crippen molar-refractivity contribution in [3.63, 3.8) is 0 Å². The zero-order valence-electron chi connectivity index (χ0n) is 30.6. The highest BCUT2D eigenvalue weighted by molar-refractivity contribution is 6.19. The molecule has 11 rings (SSSR count). The van der Waals surface area contributed by atoms with E-state index in [4.69, 9.17) is 15.0 Å². The minimum atomic E-state index is -0.311. The molecule has 11 aromatic rings. The first-order chi connectivity index (χ1) is 28.2. The van der Waals surface area contributed by atoms with Gasteiger partial charge in [0.05, 0.1) is 27.8 Å².